The molecule has 9 heteroatoms. The van der Waals surface area contributed by atoms with E-state index in [-0.39, 0.29) is 39.8 Å². The van der Waals surface area contributed by atoms with Gasteiger partial charge in [0.05, 0.1) is 0 Å². The third-order valence-electron chi connectivity index (χ3n) is 4.82. The molecule has 0 fully saturated rings. The van der Waals surface area contributed by atoms with Crippen molar-refractivity contribution in [1.82, 2.24) is 0 Å². The van der Waals surface area contributed by atoms with Gasteiger partial charge in [0.2, 0.25) is 11.8 Å². The zero-order chi connectivity index (χ0) is 20.2. The maximum Gasteiger partial charge on any atom is 0.344 e. The third-order valence-corrected chi connectivity index (χ3v) is 4.82. The highest BCUT2D eigenvalue weighted by Crippen LogP contribution is 2.54. The molecule has 1 atom stereocenters. The number of carbonyl (C=O) groups excluding carboxylic acids is 1. The number of hydrogen-bond acceptors (Lipinski definition) is 7. The predicted octanol–water partition coefficient (Wildman–Crippen LogP) is 0.752. The molecule has 28 heavy (non-hydrogen) atoms. The molecule has 0 unspecified atom stereocenters. The standard InChI is InChI=1S/C19H13N3O6/c1-9-6-13-15(17(25)27-9)19(11(7-20)16(21)28-13)10-4-2-3-5-12(10)22(18(19)26)8-14(23)24/h2-6H,8,21H2,1H3,(H,23,24)/t19-/m0/s1. The number of nitrogens with two attached hydrogens (primary N) is 1. The van der Waals surface area contributed by atoms with Gasteiger partial charge in [0.25, 0.3) is 0 Å². The number of hydrogen-bond donors (Lipinski definition) is 2. The number of carboxylic acid groups (broad SMARTS) is 1. The van der Waals surface area contributed by atoms with Gasteiger partial charge in [0, 0.05) is 17.3 Å². The third kappa shape index (κ3) is 2.02. The average molecular weight is 379 g/mol. The van der Waals surface area contributed by atoms with Gasteiger partial charge in [0.15, 0.2) is 5.41 Å². The van der Waals surface area contributed by atoms with Crippen LogP contribution < -0.4 is 21.0 Å². The second kappa shape index (κ2) is 5.72. The molecule has 0 radical (unpaired) electrons. The van der Waals surface area contributed by atoms with Crippen LogP contribution in [0.5, 0.6) is 5.75 Å². The molecule has 1 aromatic carbocycles. The first-order valence-electron chi connectivity index (χ1n) is 8.19. The normalized spacial score (nSPS) is 19.9. The van der Waals surface area contributed by atoms with Gasteiger partial charge in [-0.1, -0.05) is 18.2 Å². The molecular weight excluding hydrogens is 366 g/mol. The van der Waals surface area contributed by atoms with Crippen molar-refractivity contribution in [1.29, 1.82) is 5.26 Å². The Balaban J connectivity index is 2.17. The number of anilines is 1. The van der Waals surface area contributed by atoms with Crippen molar-refractivity contribution in [3.63, 3.8) is 0 Å². The Hall–Kier alpha value is -4.06. The fraction of sp³-hybridized carbons (Fsp3) is 0.158. The SMILES string of the molecule is Cc1cc2c(c(=O)o1)[C@@]1(C(=O)N(CC(=O)O)c3ccccc31)C(C#N)=C(N)O2. The van der Waals surface area contributed by atoms with Crippen LogP contribution in [0, 0.1) is 18.3 Å². The summed E-state index contributed by atoms with van der Waals surface area (Å²) in [5.41, 5.74) is 3.18. The number of amides is 1. The molecule has 0 saturated carbocycles. The van der Waals surface area contributed by atoms with Crippen molar-refractivity contribution >= 4 is 17.6 Å². The van der Waals surface area contributed by atoms with Gasteiger partial charge in [0.1, 0.15) is 35.3 Å². The first-order chi connectivity index (χ1) is 13.3. The number of nitriles is 1. The molecule has 0 aliphatic carbocycles. The summed E-state index contributed by atoms with van der Waals surface area (Å²) in [6.07, 6.45) is 0. The number of benzene rings is 1. The second-order valence-corrected chi connectivity index (χ2v) is 6.39. The van der Waals surface area contributed by atoms with E-state index < -0.39 is 29.5 Å². The molecule has 2 aliphatic heterocycles. The average Bonchev–Trinajstić information content (AvgIpc) is 2.85. The summed E-state index contributed by atoms with van der Waals surface area (Å²) < 4.78 is 10.6. The Labute approximate surface area is 157 Å². The van der Waals surface area contributed by atoms with Crippen LogP contribution in [0.4, 0.5) is 5.69 Å². The lowest BCUT2D eigenvalue weighted by Crippen LogP contribution is -2.49. The number of carbonyl (C=O) groups is 2. The van der Waals surface area contributed by atoms with Gasteiger partial charge < -0.3 is 20.0 Å². The topological polar surface area (TPSA) is 147 Å². The Morgan fingerprint density at radius 2 is 2.07 bits per heavy atom. The molecule has 1 amide bonds. The highest BCUT2D eigenvalue weighted by atomic mass is 16.5. The van der Waals surface area contributed by atoms with E-state index >= 15 is 0 Å². The van der Waals surface area contributed by atoms with E-state index in [2.05, 4.69) is 0 Å². The monoisotopic (exact) mass is 379 g/mol. The Morgan fingerprint density at radius 3 is 2.75 bits per heavy atom. The molecule has 1 aromatic heterocycles. The number of nitrogens with zero attached hydrogens (tertiary/aromatic N) is 2. The quantitative estimate of drug-likeness (QED) is 0.777. The molecule has 3 N–H and O–H groups in total. The predicted molar refractivity (Wildman–Crippen MR) is 94.4 cm³/mol. The summed E-state index contributed by atoms with van der Waals surface area (Å²) in [6, 6.07) is 9.60. The number of aliphatic carboxylic acids is 1. The van der Waals surface area contributed by atoms with Crippen molar-refractivity contribution < 1.29 is 23.8 Å². The minimum Gasteiger partial charge on any atom is -0.480 e. The first-order valence-corrected chi connectivity index (χ1v) is 8.19. The summed E-state index contributed by atoms with van der Waals surface area (Å²) in [4.78, 5) is 38.7. The molecule has 2 aliphatic rings. The summed E-state index contributed by atoms with van der Waals surface area (Å²) >= 11 is 0. The lowest BCUT2D eigenvalue weighted by Gasteiger charge is -2.33. The number of fused-ring (bicyclic) bond motifs is 4. The summed E-state index contributed by atoms with van der Waals surface area (Å²) in [5, 5.41) is 19.0. The van der Waals surface area contributed by atoms with Crippen molar-refractivity contribution in [2.45, 2.75) is 12.3 Å². The van der Waals surface area contributed by atoms with Gasteiger partial charge in [-0.2, -0.15) is 5.26 Å². The summed E-state index contributed by atoms with van der Waals surface area (Å²) in [7, 11) is 0. The molecular formula is C19H13N3O6. The van der Waals surface area contributed by atoms with Crippen LogP contribution in [0.15, 0.2) is 51.0 Å². The van der Waals surface area contributed by atoms with Crippen LogP contribution in [-0.4, -0.2) is 23.5 Å². The Kier molecular flexibility index (Phi) is 3.55. The second-order valence-electron chi connectivity index (χ2n) is 6.39. The minimum absolute atomic E-state index is 0.00872. The minimum atomic E-state index is -1.94. The van der Waals surface area contributed by atoms with Crippen LogP contribution in [0.25, 0.3) is 0 Å². The van der Waals surface area contributed by atoms with Crippen molar-refractivity contribution in [2.75, 3.05) is 11.4 Å². The van der Waals surface area contributed by atoms with Gasteiger partial charge in [-0.3, -0.25) is 14.5 Å². The van der Waals surface area contributed by atoms with Crippen LogP contribution >= 0.6 is 0 Å². The number of carboxylic acids is 1. The lowest BCUT2D eigenvalue weighted by molar-refractivity contribution is -0.136. The fourth-order valence-electron chi connectivity index (χ4n) is 3.85. The first kappa shape index (κ1) is 17.4. The molecule has 9 nitrogen and oxygen atoms in total. The highest BCUT2D eigenvalue weighted by Gasteiger charge is 2.61. The van der Waals surface area contributed by atoms with Crippen LogP contribution in [0.1, 0.15) is 16.9 Å². The van der Waals surface area contributed by atoms with Crippen molar-refractivity contribution in [3.8, 4) is 11.8 Å². The van der Waals surface area contributed by atoms with E-state index in [1.54, 1.807) is 24.3 Å². The maximum absolute atomic E-state index is 13.6. The van der Waals surface area contributed by atoms with Gasteiger partial charge in [-0.05, 0) is 13.0 Å². The zero-order valence-electron chi connectivity index (χ0n) is 14.6. The Morgan fingerprint density at radius 1 is 1.36 bits per heavy atom. The van der Waals surface area contributed by atoms with Gasteiger partial charge >= 0.3 is 11.6 Å². The van der Waals surface area contributed by atoms with Crippen LogP contribution in [-0.2, 0) is 15.0 Å². The van der Waals surface area contributed by atoms with E-state index in [1.807, 2.05) is 6.07 Å². The number of para-hydroxylation sites is 1. The number of rotatable bonds is 2. The zero-order valence-corrected chi connectivity index (χ0v) is 14.6. The largest absolute Gasteiger partial charge is 0.480 e. The molecule has 2 aromatic rings. The van der Waals surface area contributed by atoms with E-state index in [0.717, 1.165) is 4.90 Å². The smallest absolute Gasteiger partial charge is 0.344 e. The van der Waals surface area contributed by atoms with Crippen LogP contribution in [0.2, 0.25) is 0 Å². The van der Waals surface area contributed by atoms with Crippen LogP contribution in [0.3, 0.4) is 0 Å². The van der Waals surface area contributed by atoms with E-state index in [1.165, 1.54) is 13.0 Å². The van der Waals surface area contributed by atoms with E-state index in [0.29, 0.717) is 0 Å². The molecule has 0 saturated heterocycles. The molecule has 140 valence electrons. The van der Waals surface area contributed by atoms with Gasteiger partial charge in [-0.25, -0.2) is 4.79 Å². The van der Waals surface area contributed by atoms with Crippen molar-refractivity contribution in [2.24, 2.45) is 5.73 Å². The van der Waals surface area contributed by atoms with Crippen molar-refractivity contribution in [3.05, 3.63) is 69.1 Å². The molecule has 0 bridgehead atoms. The van der Waals surface area contributed by atoms with E-state index in [9.17, 15) is 24.8 Å². The van der Waals surface area contributed by atoms with E-state index in [4.69, 9.17) is 14.9 Å². The molecule has 4 rings (SSSR count). The maximum atomic E-state index is 13.6. The number of aryl methyl sites for hydroxylation is 1. The fourth-order valence-corrected chi connectivity index (χ4v) is 3.85. The molecule has 3 heterocycles. The Bertz CT molecular complexity index is 1190. The summed E-state index contributed by atoms with van der Waals surface area (Å²) in [5.74, 6) is -2.14. The summed E-state index contributed by atoms with van der Waals surface area (Å²) in [6.45, 7) is 0.877. The number of ether oxygens (including phenoxy) is 1. The van der Waals surface area contributed by atoms with Gasteiger partial charge in [-0.15, -0.1) is 0 Å². The highest BCUT2D eigenvalue weighted by molar-refractivity contribution is 6.15. The molecule has 1 spiro atoms. The lowest BCUT2D eigenvalue weighted by atomic mass is 9.69.